The Morgan fingerprint density at radius 3 is 2.56 bits per heavy atom. The van der Waals surface area contributed by atoms with Crippen molar-refractivity contribution in [1.82, 2.24) is 19.5 Å². The van der Waals surface area contributed by atoms with Crippen molar-refractivity contribution in [2.45, 2.75) is 25.3 Å². The highest BCUT2D eigenvalue weighted by molar-refractivity contribution is 6.30. The summed E-state index contributed by atoms with van der Waals surface area (Å²) in [7, 11) is 1.71. The number of aromatic nitrogens is 4. The number of halogens is 3. The average Bonchev–Trinajstić information content (AvgIpc) is 2.83. The third-order valence-corrected chi connectivity index (χ3v) is 4.51. The van der Waals surface area contributed by atoms with Crippen LogP contribution in [0.15, 0.2) is 18.3 Å². The van der Waals surface area contributed by atoms with Crippen LogP contribution >= 0.6 is 11.6 Å². The van der Waals surface area contributed by atoms with Gasteiger partial charge in [-0.3, -0.25) is 4.57 Å². The Bertz CT molecular complexity index is 930. The molecule has 1 fully saturated rings. The van der Waals surface area contributed by atoms with Crippen LogP contribution in [0.25, 0.3) is 11.2 Å². The molecule has 0 radical (unpaired) electrons. The second-order valence-corrected chi connectivity index (χ2v) is 6.47. The molecule has 0 saturated heterocycles. The number of nitrogens with zero attached hydrogens (tertiary/aromatic N) is 4. The Morgan fingerprint density at radius 2 is 1.92 bits per heavy atom. The lowest BCUT2D eigenvalue weighted by Gasteiger charge is -2.26. The van der Waals surface area contributed by atoms with E-state index in [1.54, 1.807) is 17.8 Å². The molecule has 0 spiro atoms. The molecule has 0 atom stereocenters. The van der Waals surface area contributed by atoms with Crippen LogP contribution in [-0.2, 0) is 7.05 Å². The van der Waals surface area contributed by atoms with Gasteiger partial charge < -0.3 is 10.6 Å². The molecule has 1 aromatic carbocycles. The fourth-order valence-electron chi connectivity index (χ4n) is 2.67. The van der Waals surface area contributed by atoms with E-state index in [2.05, 4.69) is 25.6 Å². The van der Waals surface area contributed by atoms with E-state index < -0.39 is 11.6 Å². The van der Waals surface area contributed by atoms with Gasteiger partial charge in [-0.15, -0.1) is 0 Å². The van der Waals surface area contributed by atoms with Gasteiger partial charge in [-0.25, -0.2) is 18.7 Å². The zero-order valence-electron chi connectivity index (χ0n) is 13.4. The molecule has 6 nitrogen and oxygen atoms in total. The van der Waals surface area contributed by atoms with Gasteiger partial charge >= 0.3 is 0 Å². The molecule has 9 heteroatoms. The number of rotatable bonds is 4. The van der Waals surface area contributed by atoms with Crippen molar-refractivity contribution in [1.29, 1.82) is 0 Å². The Kier molecular flexibility index (Phi) is 3.91. The van der Waals surface area contributed by atoms with Gasteiger partial charge in [-0.1, -0.05) is 11.6 Å². The first-order valence-electron chi connectivity index (χ1n) is 7.89. The zero-order valence-corrected chi connectivity index (χ0v) is 14.1. The van der Waals surface area contributed by atoms with Gasteiger partial charge in [-0.2, -0.15) is 4.98 Å². The fraction of sp³-hybridized carbons (Fsp3) is 0.312. The van der Waals surface area contributed by atoms with Crippen LogP contribution < -0.4 is 10.6 Å². The Balaban J connectivity index is 1.67. The fourth-order valence-corrected chi connectivity index (χ4v) is 2.86. The molecule has 25 heavy (non-hydrogen) atoms. The monoisotopic (exact) mass is 364 g/mol. The topological polar surface area (TPSA) is 67.7 Å². The molecule has 130 valence electrons. The molecule has 2 aromatic heterocycles. The highest BCUT2D eigenvalue weighted by Crippen LogP contribution is 2.28. The summed E-state index contributed by atoms with van der Waals surface area (Å²) in [5.41, 5.74) is 0.775. The van der Waals surface area contributed by atoms with Crippen molar-refractivity contribution >= 4 is 40.3 Å². The number of hydrogen-bond donors (Lipinski definition) is 2. The summed E-state index contributed by atoms with van der Waals surface area (Å²) in [4.78, 5) is 13.0. The van der Waals surface area contributed by atoms with Gasteiger partial charge in [0.05, 0.1) is 6.20 Å². The average molecular weight is 365 g/mol. The Labute approximate surface area is 147 Å². The predicted octanol–water partition coefficient (Wildman–Crippen LogP) is 4.00. The van der Waals surface area contributed by atoms with Crippen molar-refractivity contribution in [2.24, 2.45) is 7.05 Å². The van der Waals surface area contributed by atoms with E-state index in [9.17, 15) is 8.78 Å². The van der Waals surface area contributed by atoms with Gasteiger partial charge in [0.25, 0.3) is 0 Å². The smallest absolute Gasteiger partial charge is 0.224 e. The molecule has 1 aliphatic carbocycles. The molecule has 0 aliphatic heterocycles. The lowest BCUT2D eigenvalue weighted by Crippen LogP contribution is -2.28. The van der Waals surface area contributed by atoms with E-state index in [4.69, 9.17) is 11.6 Å². The van der Waals surface area contributed by atoms with Crippen LogP contribution in [-0.4, -0.2) is 25.6 Å². The Hall–Kier alpha value is -2.48. The van der Waals surface area contributed by atoms with Gasteiger partial charge in [0.15, 0.2) is 17.3 Å². The van der Waals surface area contributed by atoms with Crippen molar-refractivity contribution in [2.75, 3.05) is 10.6 Å². The maximum atomic E-state index is 14.0. The molecular formula is C16H15ClF2N6. The van der Waals surface area contributed by atoms with Crippen LogP contribution in [0.4, 0.5) is 26.4 Å². The van der Waals surface area contributed by atoms with Crippen LogP contribution in [0, 0.1) is 11.6 Å². The van der Waals surface area contributed by atoms with E-state index in [-0.39, 0.29) is 16.7 Å². The van der Waals surface area contributed by atoms with E-state index >= 15 is 0 Å². The minimum Gasteiger partial charge on any atom is -0.351 e. The first-order chi connectivity index (χ1) is 12.0. The first-order valence-corrected chi connectivity index (χ1v) is 8.26. The summed E-state index contributed by atoms with van der Waals surface area (Å²) >= 11 is 5.64. The van der Waals surface area contributed by atoms with Crippen LogP contribution in [0.2, 0.25) is 5.02 Å². The largest absolute Gasteiger partial charge is 0.351 e. The predicted molar refractivity (Wildman–Crippen MR) is 92.2 cm³/mol. The zero-order chi connectivity index (χ0) is 17.6. The summed E-state index contributed by atoms with van der Waals surface area (Å²) in [6.07, 6.45) is 5.00. The van der Waals surface area contributed by atoms with E-state index in [1.165, 1.54) is 6.42 Å². The maximum absolute atomic E-state index is 14.0. The van der Waals surface area contributed by atoms with Gasteiger partial charge in [-0.05, 0) is 31.4 Å². The summed E-state index contributed by atoms with van der Waals surface area (Å²) in [5, 5.41) is 5.91. The number of benzene rings is 1. The highest BCUT2D eigenvalue weighted by Gasteiger charge is 2.19. The maximum Gasteiger partial charge on any atom is 0.224 e. The van der Waals surface area contributed by atoms with Gasteiger partial charge in [0.2, 0.25) is 11.9 Å². The molecule has 2 heterocycles. The van der Waals surface area contributed by atoms with Crippen LogP contribution in [0.1, 0.15) is 19.3 Å². The summed E-state index contributed by atoms with van der Waals surface area (Å²) in [6.45, 7) is 0. The normalized spacial score (nSPS) is 14.6. The molecule has 2 N–H and O–H groups in total. The number of imidazole rings is 1. The first kappa shape index (κ1) is 16.0. The SMILES string of the molecule is Cn1c(Nc2c(F)cc(Cl)cc2F)nc2cnc(NC3CCC3)nc21. The minimum atomic E-state index is -0.796. The number of fused-ring (bicyclic) bond motifs is 1. The van der Waals surface area contributed by atoms with Crippen molar-refractivity contribution < 1.29 is 8.78 Å². The standard InChI is InChI=1S/C16H15ClF2N6/c1-25-14-12(7-20-15(24-14)21-9-3-2-4-9)22-16(25)23-13-10(18)5-8(17)6-11(13)19/h5-7,9H,2-4H2,1H3,(H,22,23)(H,20,21,24). The van der Waals surface area contributed by atoms with Crippen LogP contribution in [0.3, 0.4) is 0 Å². The lowest BCUT2D eigenvalue weighted by molar-refractivity contribution is 0.443. The quantitative estimate of drug-likeness (QED) is 0.732. The second-order valence-electron chi connectivity index (χ2n) is 6.04. The van der Waals surface area contributed by atoms with Crippen molar-refractivity contribution in [3.8, 4) is 0 Å². The number of aryl methyl sites for hydroxylation is 1. The molecule has 1 aliphatic rings. The third kappa shape index (κ3) is 2.97. The molecular weight excluding hydrogens is 350 g/mol. The summed E-state index contributed by atoms with van der Waals surface area (Å²) in [5.74, 6) is -0.813. The third-order valence-electron chi connectivity index (χ3n) is 4.29. The highest BCUT2D eigenvalue weighted by atomic mass is 35.5. The van der Waals surface area contributed by atoms with Crippen LogP contribution in [0.5, 0.6) is 0 Å². The summed E-state index contributed by atoms with van der Waals surface area (Å²) in [6, 6.07) is 2.48. The van der Waals surface area contributed by atoms with Gasteiger partial charge in [0.1, 0.15) is 11.2 Å². The van der Waals surface area contributed by atoms with E-state index in [1.807, 2.05) is 0 Å². The summed E-state index contributed by atoms with van der Waals surface area (Å²) < 4.78 is 29.6. The molecule has 0 unspecified atom stereocenters. The van der Waals surface area contributed by atoms with Gasteiger partial charge in [0, 0.05) is 18.1 Å². The number of hydrogen-bond acceptors (Lipinski definition) is 5. The molecule has 0 amide bonds. The van der Waals surface area contributed by atoms with E-state index in [0.29, 0.717) is 23.2 Å². The lowest BCUT2D eigenvalue weighted by atomic mass is 9.93. The Morgan fingerprint density at radius 1 is 1.20 bits per heavy atom. The van der Waals surface area contributed by atoms with Crippen molar-refractivity contribution in [3.63, 3.8) is 0 Å². The molecule has 1 saturated carbocycles. The minimum absolute atomic E-state index is 0.0110. The molecule has 3 aromatic rings. The molecule has 0 bridgehead atoms. The van der Waals surface area contributed by atoms with E-state index in [0.717, 1.165) is 25.0 Å². The molecule has 4 rings (SSSR count). The van der Waals surface area contributed by atoms with Crippen molar-refractivity contribution in [3.05, 3.63) is 35.0 Å². The number of anilines is 3. The number of nitrogens with one attached hydrogen (secondary N) is 2. The second kappa shape index (κ2) is 6.11.